The average molecular weight is 685 g/mol. The van der Waals surface area contributed by atoms with Crippen molar-refractivity contribution in [1.29, 1.82) is 0 Å². The van der Waals surface area contributed by atoms with Crippen molar-refractivity contribution < 1.29 is 38.9 Å². The number of carboxylic acids is 2. The number of rotatable bonds is 12. The van der Waals surface area contributed by atoms with Crippen molar-refractivity contribution in [2.45, 2.75) is 132 Å². The van der Waals surface area contributed by atoms with E-state index < -0.39 is 35.2 Å². The molecule has 1 saturated heterocycles. The van der Waals surface area contributed by atoms with E-state index in [0.29, 0.717) is 52.2 Å². The van der Waals surface area contributed by atoms with Crippen molar-refractivity contribution in [3.63, 3.8) is 0 Å². The molecule has 0 aromatic carbocycles. The number of nitrogens with zero attached hydrogens (tertiary/aromatic N) is 4. The van der Waals surface area contributed by atoms with Gasteiger partial charge in [-0.05, 0) is 65.2 Å². The molecule has 280 valence electrons. The summed E-state index contributed by atoms with van der Waals surface area (Å²) in [6, 6.07) is -0.763. The molecule has 0 radical (unpaired) electrons. The van der Waals surface area contributed by atoms with Crippen LogP contribution in [0, 0.1) is 10.8 Å². The second kappa shape index (κ2) is 18.6. The lowest BCUT2D eigenvalue weighted by atomic mass is 9.82. The third-order valence-corrected chi connectivity index (χ3v) is 8.11. The molecule has 2 N–H and O–H groups in total. The molecule has 1 heterocycles. The van der Waals surface area contributed by atoms with Crippen LogP contribution in [0.3, 0.4) is 0 Å². The van der Waals surface area contributed by atoms with Crippen molar-refractivity contribution >= 4 is 23.9 Å². The summed E-state index contributed by atoms with van der Waals surface area (Å²) in [5, 5.41) is 19.1. The molecule has 1 aliphatic rings. The molecule has 0 aliphatic carbocycles. The summed E-state index contributed by atoms with van der Waals surface area (Å²) in [5.41, 5.74) is -1.57. The summed E-state index contributed by atoms with van der Waals surface area (Å²) in [7, 11) is 0. The summed E-state index contributed by atoms with van der Waals surface area (Å²) < 4.78 is 11.5. The largest absolute Gasteiger partial charge is 0.481 e. The van der Waals surface area contributed by atoms with E-state index in [2.05, 4.69) is 51.3 Å². The maximum atomic E-state index is 13.6. The predicted molar refractivity (Wildman–Crippen MR) is 188 cm³/mol. The Morgan fingerprint density at radius 2 is 1.04 bits per heavy atom. The van der Waals surface area contributed by atoms with Gasteiger partial charge in [0.15, 0.2) is 0 Å². The molecular weight excluding hydrogens is 616 g/mol. The van der Waals surface area contributed by atoms with E-state index >= 15 is 0 Å². The number of aliphatic carboxylic acids is 2. The lowest BCUT2D eigenvalue weighted by molar-refractivity contribution is -0.163. The standard InChI is InChI=1S/C36H68N4O8/c1-33(2,3)26-38-19-22-39(27(13-15-29(41)42)32(46)48-36(10,11)12)21-17-37(25-31(45)47-35(7,8)9)18-23-40(24-20-38)28(34(4,5)6)14-16-30(43)44/h27-28H,13-26H2,1-12H3,(H,41,42)(H,43,44). The highest BCUT2D eigenvalue weighted by molar-refractivity contribution is 5.77. The van der Waals surface area contributed by atoms with Gasteiger partial charge in [0.05, 0.1) is 6.54 Å². The van der Waals surface area contributed by atoms with Gasteiger partial charge < -0.3 is 24.6 Å². The Morgan fingerprint density at radius 1 is 0.604 bits per heavy atom. The highest BCUT2D eigenvalue weighted by atomic mass is 16.6. The highest BCUT2D eigenvalue weighted by Gasteiger charge is 2.35. The average Bonchev–Trinajstić information content (AvgIpc) is 2.85. The molecule has 2 unspecified atom stereocenters. The Labute approximate surface area is 290 Å². The number of carboxylic acid groups (broad SMARTS) is 2. The molecule has 12 nitrogen and oxygen atoms in total. The first kappa shape index (κ1) is 43.7. The third kappa shape index (κ3) is 19.0. The molecule has 0 spiro atoms. The third-order valence-electron chi connectivity index (χ3n) is 8.11. The van der Waals surface area contributed by atoms with Gasteiger partial charge in [0.25, 0.3) is 0 Å². The summed E-state index contributed by atoms with van der Waals surface area (Å²) in [6.45, 7) is 29.3. The van der Waals surface area contributed by atoms with Crippen LogP contribution in [0.1, 0.15) is 109 Å². The van der Waals surface area contributed by atoms with E-state index in [1.165, 1.54) is 0 Å². The smallest absolute Gasteiger partial charge is 0.323 e. The van der Waals surface area contributed by atoms with Crippen molar-refractivity contribution in [3.05, 3.63) is 0 Å². The summed E-state index contributed by atoms with van der Waals surface area (Å²) in [6.07, 6.45) is 0.523. The van der Waals surface area contributed by atoms with Gasteiger partial charge in [0.2, 0.25) is 0 Å². The van der Waals surface area contributed by atoms with Crippen molar-refractivity contribution in [3.8, 4) is 0 Å². The Hall–Kier alpha value is -2.28. The molecule has 48 heavy (non-hydrogen) atoms. The zero-order chi connectivity index (χ0) is 37.1. The Bertz CT molecular complexity index is 1040. The van der Waals surface area contributed by atoms with Gasteiger partial charge in [-0.2, -0.15) is 0 Å². The number of carbonyl (C=O) groups excluding carboxylic acids is 2. The number of hydrogen-bond donors (Lipinski definition) is 2. The fraction of sp³-hybridized carbons (Fsp3) is 0.889. The van der Waals surface area contributed by atoms with Crippen molar-refractivity contribution in [2.75, 3.05) is 65.4 Å². The summed E-state index contributed by atoms with van der Waals surface area (Å²) in [4.78, 5) is 58.8. The maximum absolute atomic E-state index is 13.6. The molecule has 0 aromatic heterocycles. The molecule has 2 atom stereocenters. The quantitative estimate of drug-likeness (QED) is 0.281. The highest BCUT2D eigenvalue weighted by Crippen LogP contribution is 2.29. The lowest BCUT2D eigenvalue weighted by Crippen LogP contribution is -2.54. The SMILES string of the molecule is CC(C)(C)CN1CCN(C(CCC(=O)O)C(=O)OC(C)(C)C)CCN(CC(=O)OC(C)(C)C)CCN(C(CCC(=O)O)C(C)(C)C)CC1. The molecular formula is C36H68N4O8. The van der Waals surface area contributed by atoms with Crippen LogP contribution < -0.4 is 0 Å². The van der Waals surface area contributed by atoms with Gasteiger partial charge in [-0.1, -0.05) is 41.5 Å². The zero-order valence-corrected chi connectivity index (χ0v) is 32.2. The summed E-state index contributed by atoms with van der Waals surface area (Å²) in [5.74, 6) is -2.59. The normalized spacial score (nSPS) is 19.1. The van der Waals surface area contributed by atoms with Crippen LogP contribution in [-0.4, -0.2) is 142 Å². The van der Waals surface area contributed by atoms with Gasteiger partial charge in [-0.25, -0.2) is 0 Å². The van der Waals surface area contributed by atoms with Crippen LogP contribution in [0.5, 0.6) is 0 Å². The van der Waals surface area contributed by atoms with Gasteiger partial charge in [-0.15, -0.1) is 0 Å². The van der Waals surface area contributed by atoms with Crippen LogP contribution in [0.4, 0.5) is 0 Å². The molecule has 0 bridgehead atoms. The van der Waals surface area contributed by atoms with Crippen molar-refractivity contribution in [1.82, 2.24) is 19.6 Å². The monoisotopic (exact) mass is 685 g/mol. The Morgan fingerprint density at radius 3 is 1.46 bits per heavy atom. The number of esters is 2. The molecule has 1 rings (SSSR count). The van der Waals surface area contributed by atoms with E-state index in [4.69, 9.17) is 9.47 Å². The minimum Gasteiger partial charge on any atom is -0.481 e. The second-order valence-electron chi connectivity index (χ2n) is 17.6. The second-order valence-corrected chi connectivity index (χ2v) is 17.6. The van der Waals surface area contributed by atoms with Crippen LogP contribution in [0.2, 0.25) is 0 Å². The minimum atomic E-state index is -0.977. The van der Waals surface area contributed by atoms with Crippen LogP contribution in [0.15, 0.2) is 0 Å². The van der Waals surface area contributed by atoms with Gasteiger partial charge in [0, 0.05) is 77.8 Å². The molecule has 0 saturated carbocycles. The van der Waals surface area contributed by atoms with E-state index in [9.17, 15) is 29.4 Å². The molecule has 0 aromatic rings. The zero-order valence-electron chi connectivity index (χ0n) is 32.2. The van der Waals surface area contributed by atoms with E-state index in [-0.39, 0.29) is 48.6 Å². The van der Waals surface area contributed by atoms with Crippen LogP contribution in [0.25, 0.3) is 0 Å². The number of ether oxygens (including phenoxy) is 2. The lowest BCUT2D eigenvalue weighted by Gasteiger charge is -2.43. The van der Waals surface area contributed by atoms with Gasteiger partial charge in [0.1, 0.15) is 17.2 Å². The van der Waals surface area contributed by atoms with Gasteiger partial charge in [-0.3, -0.25) is 33.9 Å². The maximum Gasteiger partial charge on any atom is 0.323 e. The number of hydrogen-bond acceptors (Lipinski definition) is 10. The van der Waals surface area contributed by atoms with Crippen LogP contribution in [-0.2, 0) is 28.7 Å². The first-order valence-electron chi connectivity index (χ1n) is 17.6. The molecule has 1 aliphatic heterocycles. The fourth-order valence-corrected chi connectivity index (χ4v) is 6.20. The topological polar surface area (TPSA) is 140 Å². The first-order chi connectivity index (χ1) is 21.8. The summed E-state index contributed by atoms with van der Waals surface area (Å²) >= 11 is 0. The first-order valence-corrected chi connectivity index (χ1v) is 17.6. The Balaban J connectivity index is 3.59. The van der Waals surface area contributed by atoms with Crippen molar-refractivity contribution in [2.24, 2.45) is 10.8 Å². The van der Waals surface area contributed by atoms with Crippen LogP contribution >= 0.6 is 0 Å². The number of carbonyl (C=O) groups is 4. The predicted octanol–water partition coefficient (Wildman–Crippen LogP) is 4.45. The van der Waals surface area contributed by atoms with E-state index in [1.807, 2.05) is 30.6 Å². The molecule has 12 heteroatoms. The fourth-order valence-electron chi connectivity index (χ4n) is 6.20. The minimum absolute atomic E-state index is 0.000435. The molecule has 1 fully saturated rings. The van der Waals surface area contributed by atoms with E-state index in [1.54, 1.807) is 20.8 Å². The van der Waals surface area contributed by atoms with E-state index in [0.717, 1.165) is 13.1 Å². The van der Waals surface area contributed by atoms with Gasteiger partial charge >= 0.3 is 23.9 Å². The molecule has 0 amide bonds. The Kier molecular flexibility index (Phi) is 17.0.